The van der Waals surface area contributed by atoms with E-state index >= 15 is 0 Å². The van der Waals surface area contributed by atoms with Crippen LogP contribution in [0.1, 0.15) is 18.9 Å². The van der Waals surface area contributed by atoms with E-state index in [9.17, 15) is 13.2 Å². The van der Waals surface area contributed by atoms with Crippen LogP contribution in [-0.4, -0.2) is 18.2 Å². The van der Waals surface area contributed by atoms with E-state index in [2.05, 4.69) is 11.9 Å². The van der Waals surface area contributed by atoms with Crippen LogP contribution >= 0.6 is 12.2 Å². The molecule has 0 amide bonds. The van der Waals surface area contributed by atoms with E-state index in [0.29, 0.717) is 12.2 Å². The summed E-state index contributed by atoms with van der Waals surface area (Å²) >= 11 is 5.21. The highest BCUT2D eigenvalue weighted by Gasteiger charge is 2.31. The molecule has 0 bridgehead atoms. The van der Waals surface area contributed by atoms with Gasteiger partial charge in [0, 0.05) is 18.8 Å². The molecule has 0 aliphatic heterocycles. The molecule has 0 saturated carbocycles. The second-order valence-electron chi connectivity index (χ2n) is 4.72. The van der Waals surface area contributed by atoms with Gasteiger partial charge < -0.3 is 10.2 Å². The quantitative estimate of drug-likeness (QED) is 0.658. The minimum Gasteiger partial charge on any atom is -0.359 e. The van der Waals surface area contributed by atoms with Gasteiger partial charge in [0.25, 0.3) is 0 Å². The van der Waals surface area contributed by atoms with E-state index in [1.54, 1.807) is 6.92 Å². The average molecular weight is 327 g/mol. The molecule has 0 radical (unpaired) electrons. The predicted molar refractivity (Wildman–Crippen MR) is 84.4 cm³/mol. The Morgan fingerprint density at radius 3 is 2.68 bits per heavy atom. The molecule has 22 heavy (non-hydrogen) atoms. The Hall–Kier alpha value is -2.07. The van der Waals surface area contributed by atoms with Crippen molar-refractivity contribution in [1.29, 1.82) is 5.26 Å². The van der Waals surface area contributed by atoms with Crippen molar-refractivity contribution < 1.29 is 13.2 Å². The lowest BCUT2D eigenvalue weighted by molar-refractivity contribution is -0.137. The molecular weight excluding hydrogens is 311 g/mol. The summed E-state index contributed by atoms with van der Waals surface area (Å²) in [5.41, 5.74) is 0.380. The van der Waals surface area contributed by atoms with Gasteiger partial charge in [-0.15, -0.1) is 0 Å². The van der Waals surface area contributed by atoms with Gasteiger partial charge in [0.05, 0.1) is 18.1 Å². The van der Waals surface area contributed by atoms with Crippen molar-refractivity contribution in [3.8, 4) is 6.07 Å². The highest BCUT2D eigenvalue weighted by Crippen LogP contribution is 2.31. The van der Waals surface area contributed by atoms with Crippen LogP contribution in [0, 0.1) is 11.3 Å². The maximum Gasteiger partial charge on any atom is 0.416 e. The third-order valence-corrected chi connectivity index (χ3v) is 3.08. The lowest BCUT2D eigenvalue weighted by atomic mass is 10.2. The Kier molecular flexibility index (Phi) is 6.38. The first kappa shape index (κ1) is 18.0. The summed E-state index contributed by atoms with van der Waals surface area (Å²) in [6, 6.07) is 6.83. The van der Waals surface area contributed by atoms with Crippen molar-refractivity contribution >= 4 is 23.0 Å². The van der Waals surface area contributed by atoms with Crippen molar-refractivity contribution in [2.75, 3.05) is 18.0 Å². The largest absolute Gasteiger partial charge is 0.416 e. The number of nitrogens with one attached hydrogen (secondary N) is 1. The normalized spacial score (nSPS) is 10.7. The van der Waals surface area contributed by atoms with E-state index in [-0.39, 0.29) is 18.1 Å². The summed E-state index contributed by atoms with van der Waals surface area (Å²) in [5.74, 6) is 0. The number of rotatable bonds is 5. The van der Waals surface area contributed by atoms with Gasteiger partial charge in [0.2, 0.25) is 0 Å². The molecule has 0 atom stereocenters. The molecule has 0 aromatic heterocycles. The number of hydrogen-bond donors (Lipinski definition) is 1. The van der Waals surface area contributed by atoms with Gasteiger partial charge in [0.15, 0.2) is 5.11 Å². The molecule has 0 aliphatic rings. The molecule has 1 aromatic rings. The average Bonchev–Trinajstić information content (AvgIpc) is 2.45. The maximum atomic E-state index is 12.8. The van der Waals surface area contributed by atoms with Gasteiger partial charge in [-0.3, -0.25) is 0 Å². The maximum absolute atomic E-state index is 12.8. The van der Waals surface area contributed by atoms with Crippen molar-refractivity contribution in [2.24, 2.45) is 0 Å². The molecule has 0 unspecified atom stereocenters. The molecule has 0 aliphatic carbocycles. The third kappa shape index (κ3) is 5.37. The van der Waals surface area contributed by atoms with Crippen LogP contribution in [0.4, 0.5) is 18.9 Å². The topological polar surface area (TPSA) is 39.1 Å². The van der Waals surface area contributed by atoms with E-state index in [1.807, 2.05) is 6.07 Å². The Bertz CT molecular complexity index is 590. The number of nitrogens with zero attached hydrogens (tertiary/aromatic N) is 2. The van der Waals surface area contributed by atoms with Gasteiger partial charge >= 0.3 is 6.18 Å². The molecule has 118 valence electrons. The smallest absolute Gasteiger partial charge is 0.359 e. The van der Waals surface area contributed by atoms with Crippen LogP contribution in [0.5, 0.6) is 0 Å². The summed E-state index contributed by atoms with van der Waals surface area (Å²) < 4.78 is 38.4. The molecule has 1 N–H and O–H groups in total. The third-order valence-electron chi connectivity index (χ3n) is 2.72. The number of thiocarbonyl (C=S) groups is 1. The Labute approximate surface area is 133 Å². The first-order valence-electron chi connectivity index (χ1n) is 6.49. The standard InChI is InChI=1S/C15H16F3N3S/c1-11(2)10-20-14(22)21(8-4-7-19)13-6-3-5-12(9-13)15(16,17)18/h3,5-6,9H,1,4,8,10H2,2H3,(H,20,22). The number of anilines is 1. The van der Waals surface area contributed by atoms with Gasteiger partial charge in [-0.25, -0.2) is 0 Å². The molecular formula is C15H16F3N3S. The van der Waals surface area contributed by atoms with E-state index in [0.717, 1.165) is 17.7 Å². The van der Waals surface area contributed by atoms with Crippen LogP contribution in [0.25, 0.3) is 0 Å². The first-order valence-corrected chi connectivity index (χ1v) is 6.90. The Morgan fingerprint density at radius 2 is 2.14 bits per heavy atom. The molecule has 3 nitrogen and oxygen atoms in total. The molecule has 0 fully saturated rings. The Balaban J connectivity index is 3.03. The summed E-state index contributed by atoms with van der Waals surface area (Å²) in [7, 11) is 0. The summed E-state index contributed by atoms with van der Waals surface area (Å²) in [4.78, 5) is 1.48. The van der Waals surface area contributed by atoms with Crippen molar-refractivity contribution in [3.05, 3.63) is 42.0 Å². The molecule has 7 heteroatoms. The van der Waals surface area contributed by atoms with Crippen molar-refractivity contribution in [3.63, 3.8) is 0 Å². The molecule has 0 spiro atoms. The number of nitriles is 1. The summed E-state index contributed by atoms with van der Waals surface area (Å²) in [6.07, 6.45) is -4.28. The number of benzene rings is 1. The lowest BCUT2D eigenvalue weighted by Gasteiger charge is -2.26. The second-order valence-corrected chi connectivity index (χ2v) is 5.11. The van der Waals surface area contributed by atoms with Gasteiger partial charge in [-0.05, 0) is 37.3 Å². The van der Waals surface area contributed by atoms with E-state index in [4.69, 9.17) is 17.5 Å². The van der Waals surface area contributed by atoms with Gasteiger partial charge in [0.1, 0.15) is 0 Å². The van der Waals surface area contributed by atoms with Gasteiger partial charge in [-0.1, -0.05) is 18.2 Å². The fourth-order valence-corrected chi connectivity index (χ4v) is 1.95. The van der Waals surface area contributed by atoms with Crippen LogP contribution < -0.4 is 10.2 Å². The molecule has 1 aromatic carbocycles. The zero-order chi connectivity index (χ0) is 16.8. The zero-order valence-electron chi connectivity index (χ0n) is 12.1. The number of alkyl halides is 3. The van der Waals surface area contributed by atoms with Crippen LogP contribution in [0.15, 0.2) is 36.4 Å². The molecule has 1 rings (SSSR count). The van der Waals surface area contributed by atoms with Crippen LogP contribution in [-0.2, 0) is 6.18 Å². The lowest BCUT2D eigenvalue weighted by Crippen LogP contribution is -2.41. The summed E-state index contributed by atoms with van der Waals surface area (Å²) in [5, 5.41) is 11.9. The van der Waals surface area contributed by atoms with Gasteiger partial charge in [-0.2, -0.15) is 18.4 Å². The molecule has 0 heterocycles. The fraction of sp³-hybridized carbons (Fsp3) is 0.333. The van der Waals surface area contributed by atoms with Crippen molar-refractivity contribution in [1.82, 2.24) is 5.32 Å². The second kappa shape index (κ2) is 7.80. The van der Waals surface area contributed by atoms with Crippen LogP contribution in [0.3, 0.4) is 0 Å². The molecule has 0 saturated heterocycles. The number of halogens is 3. The fourth-order valence-electron chi connectivity index (χ4n) is 1.68. The predicted octanol–water partition coefficient (Wildman–Crippen LogP) is 3.88. The summed E-state index contributed by atoms with van der Waals surface area (Å²) in [6.45, 7) is 6.16. The highest BCUT2D eigenvalue weighted by molar-refractivity contribution is 7.80. The first-order chi connectivity index (χ1) is 10.3. The van der Waals surface area contributed by atoms with Crippen LogP contribution in [0.2, 0.25) is 0 Å². The number of hydrogen-bond acceptors (Lipinski definition) is 2. The monoisotopic (exact) mass is 327 g/mol. The zero-order valence-corrected chi connectivity index (χ0v) is 12.9. The minimum atomic E-state index is -4.43. The van der Waals surface area contributed by atoms with E-state index < -0.39 is 11.7 Å². The van der Waals surface area contributed by atoms with E-state index in [1.165, 1.54) is 17.0 Å². The Morgan fingerprint density at radius 1 is 1.45 bits per heavy atom. The SMILES string of the molecule is C=C(C)CNC(=S)N(CCC#N)c1cccc(C(F)(F)F)c1. The van der Waals surface area contributed by atoms with Crippen molar-refractivity contribution in [2.45, 2.75) is 19.5 Å². The highest BCUT2D eigenvalue weighted by atomic mass is 32.1. The minimum absolute atomic E-state index is 0.144.